The van der Waals surface area contributed by atoms with Crippen LogP contribution in [0.2, 0.25) is 0 Å². The van der Waals surface area contributed by atoms with Crippen LogP contribution >= 0.6 is 0 Å². The van der Waals surface area contributed by atoms with Crippen LogP contribution in [-0.4, -0.2) is 56.8 Å². The molecule has 0 saturated carbocycles. The molecule has 1 amide bonds. The molecule has 3 aromatic rings. The minimum atomic E-state index is -3.30. The van der Waals surface area contributed by atoms with Gasteiger partial charge in [-0.3, -0.25) is 4.79 Å². The van der Waals surface area contributed by atoms with Crippen molar-refractivity contribution in [3.8, 4) is 22.6 Å². The average molecular weight is 514 g/mol. The Bertz CT molecular complexity index is 1330. The van der Waals surface area contributed by atoms with Gasteiger partial charge in [0.25, 0.3) is 5.91 Å². The fourth-order valence-corrected chi connectivity index (χ4v) is 4.89. The number of rotatable bonds is 9. The van der Waals surface area contributed by atoms with E-state index >= 15 is 0 Å². The van der Waals surface area contributed by atoms with E-state index in [9.17, 15) is 22.7 Å². The van der Waals surface area contributed by atoms with Crippen LogP contribution in [0.15, 0.2) is 66.7 Å². The number of nitrogens with zero attached hydrogens (tertiary/aromatic N) is 1. The molecule has 2 atom stereocenters. The van der Waals surface area contributed by atoms with Gasteiger partial charge in [0.1, 0.15) is 39.9 Å². The van der Waals surface area contributed by atoms with Crippen molar-refractivity contribution >= 4 is 21.4 Å². The van der Waals surface area contributed by atoms with Crippen molar-refractivity contribution in [2.75, 3.05) is 30.1 Å². The second kappa shape index (κ2) is 10.7. The molecule has 1 heterocycles. The zero-order valence-electron chi connectivity index (χ0n) is 20.1. The lowest BCUT2D eigenvalue weighted by molar-refractivity contribution is -0.122. The number of hydrogen-bond acceptors (Lipinski definition) is 6. The molecular weight excluding hydrogens is 485 g/mol. The smallest absolute Gasteiger partial charge is 0.268 e. The van der Waals surface area contributed by atoms with Gasteiger partial charge in [-0.1, -0.05) is 24.3 Å². The summed E-state index contributed by atoms with van der Waals surface area (Å²) in [5, 5.41) is 9.85. The molecule has 36 heavy (non-hydrogen) atoms. The van der Waals surface area contributed by atoms with Crippen molar-refractivity contribution in [3.63, 3.8) is 0 Å². The van der Waals surface area contributed by atoms with Crippen LogP contribution in [0.1, 0.15) is 12.0 Å². The molecule has 3 aromatic carbocycles. The van der Waals surface area contributed by atoms with Crippen LogP contribution in [0.4, 0.5) is 10.1 Å². The highest BCUT2D eigenvalue weighted by molar-refractivity contribution is 7.90. The quantitative estimate of drug-likeness (QED) is 0.468. The Labute approximate surface area is 210 Å². The third-order valence-corrected chi connectivity index (χ3v) is 6.85. The Morgan fingerprint density at radius 3 is 2.31 bits per heavy atom. The van der Waals surface area contributed by atoms with Crippen molar-refractivity contribution < 1.29 is 32.2 Å². The molecule has 190 valence electrons. The van der Waals surface area contributed by atoms with Gasteiger partial charge in [-0.2, -0.15) is 0 Å². The number of carbonyl (C=O) groups excluding carboxylic acids is 1. The second-order valence-corrected chi connectivity index (χ2v) is 11.1. The van der Waals surface area contributed by atoms with E-state index in [2.05, 4.69) is 0 Å². The average Bonchev–Trinajstić information content (AvgIpc) is 3.18. The van der Waals surface area contributed by atoms with Crippen molar-refractivity contribution in [2.24, 2.45) is 0 Å². The number of amides is 1. The summed E-state index contributed by atoms with van der Waals surface area (Å²) in [5.41, 5.74) is 3.27. The molecule has 0 aliphatic carbocycles. The van der Waals surface area contributed by atoms with Crippen LogP contribution in [0, 0.1) is 12.7 Å². The largest absolute Gasteiger partial charge is 0.491 e. The Morgan fingerprint density at radius 2 is 1.69 bits per heavy atom. The van der Waals surface area contributed by atoms with Gasteiger partial charge in [0, 0.05) is 24.9 Å². The summed E-state index contributed by atoms with van der Waals surface area (Å²) >= 11 is 0. The lowest BCUT2D eigenvalue weighted by atomic mass is 10.1. The molecule has 0 bridgehead atoms. The lowest BCUT2D eigenvalue weighted by Gasteiger charge is -2.19. The number of aliphatic hydroxyl groups excluding tert-OH is 1. The van der Waals surface area contributed by atoms with Gasteiger partial charge in [-0.05, 0) is 66.1 Å². The maximum absolute atomic E-state index is 13.1. The predicted octanol–water partition coefficient (Wildman–Crippen LogP) is 3.77. The van der Waals surface area contributed by atoms with E-state index in [-0.39, 0.29) is 24.1 Å². The topological polar surface area (TPSA) is 93.1 Å². The summed E-state index contributed by atoms with van der Waals surface area (Å²) in [6.07, 6.45) is -0.137. The fourth-order valence-electron chi connectivity index (χ4n) is 4.10. The molecule has 1 saturated heterocycles. The number of benzene rings is 3. The molecule has 1 unspecified atom stereocenters. The molecule has 0 radical (unpaired) electrons. The van der Waals surface area contributed by atoms with Crippen LogP contribution in [0.3, 0.4) is 0 Å². The first-order valence-corrected chi connectivity index (χ1v) is 13.6. The van der Waals surface area contributed by atoms with E-state index in [1.807, 2.05) is 25.1 Å². The van der Waals surface area contributed by atoms with Crippen molar-refractivity contribution in [1.29, 1.82) is 0 Å². The highest BCUT2D eigenvalue weighted by Gasteiger charge is 2.34. The van der Waals surface area contributed by atoms with E-state index < -0.39 is 22.0 Å². The molecule has 0 aromatic heterocycles. The summed E-state index contributed by atoms with van der Waals surface area (Å²) in [4.78, 5) is 14.7. The SMILES string of the molecule is Cc1cc(N2CCC(Oc3ccc(-c4ccc(F)cc4)cc3)C2=O)ccc1OC[C@@H](O)CS(C)(=O)=O. The molecule has 4 rings (SSSR count). The van der Waals surface area contributed by atoms with E-state index in [0.717, 1.165) is 22.9 Å². The third-order valence-electron chi connectivity index (χ3n) is 5.86. The maximum Gasteiger partial charge on any atom is 0.268 e. The van der Waals surface area contributed by atoms with E-state index in [1.54, 1.807) is 41.3 Å². The Kier molecular flexibility index (Phi) is 7.61. The summed E-state index contributed by atoms with van der Waals surface area (Å²) in [6, 6.07) is 18.8. The Hall–Kier alpha value is -3.43. The lowest BCUT2D eigenvalue weighted by Crippen LogP contribution is -2.32. The first-order chi connectivity index (χ1) is 17.1. The van der Waals surface area contributed by atoms with Crippen molar-refractivity contribution in [1.82, 2.24) is 0 Å². The zero-order chi connectivity index (χ0) is 25.9. The van der Waals surface area contributed by atoms with Crippen LogP contribution in [-0.2, 0) is 14.6 Å². The molecule has 1 aliphatic heterocycles. The number of hydrogen-bond donors (Lipinski definition) is 1. The maximum atomic E-state index is 13.1. The number of aryl methyl sites for hydroxylation is 1. The summed E-state index contributed by atoms with van der Waals surface area (Å²) in [6.45, 7) is 2.18. The van der Waals surface area contributed by atoms with Crippen molar-refractivity contribution in [3.05, 3.63) is 78.1 Å². The number of ether oxygens (including phenoxy) is 2. The minimum absolute atomic E-state index is 0.144. The third kappa shape index (κ3) is 6.41. The van der Waals surface area contributed by atoms with Gasteiger partial charge in [0.15, 0.2) is 6.10 Å². The normalized spacial score (nSPS) is 16.7. The molecule has 1 aliphatic rings. The van der Waals surface area contributed by atoms with Gasteiger partial charge < -0.3 is 19.5 Å². The van der Waals surface area contributed by atoms with E-state index in [0.29, 0.717) is 30.2 Å². The first-order valence-electron chi connectivity index (χ1n) is 11.5. The van der Waals surface area contributed by atoms with Crippen LogP contribution in [0.5, 0.6) is 11.5 Å². The number of sulfone groups is 1. The zero-order valence-corrected chi connectivity index (χ0v) is 20.9. The number of carbonyl (C=O) groups is 1. The summed E-state index contributed by atoms with van der Waals surface area (Å²) in [5.74, 6) is 0.279. The van der Waals surface area contributed by atoms with Crippen LogP contribution in [0.25, 0.3) is 11.1 Å². The summed E-state index contributed by atoms with van der Waals surface area (Å²) < 4.78 is 47.3. The van der Waals surface area contributed by atoms with Gasteiger partial charge in [-0.15, -0.1) is 0 Å². The van der Waals surface area contributed by atoms with Crippen LogP contribution < -0.4 is 14.4 Å². The first kappa shape index (κ1) is 25.7. The number of aliphatic hydroxyl groups is 1. The van der Waals surface area contributed by atoms with E-state index in [4.69, 9.17) is 9.47 Å². The fraction of sp³-hybridized carbons (Fsp3) is 0.296. The minimum Gasteiger partial charge on any atom is -0.491 e. The Balaban J connectivity index is 1.36. The number of anilines is 1. The van der Waals surface area contributed by atoms with Gasteiger partial charge in [-0.25, -0.2) is 12.8 Å². The molecule has 1 N–H and O–H groups in total. The molecule has 9 heteroatoms. The highest BCUT2D eigenvalue weighted by atomic mass is 32.2. The van der Waals surface area contributed by atoms with Crippen molar-refractivity contribution in [2.45, 2.75) is 25.6 Å². The predicted molar refractivity (Wildman–Crippen MR) is 136 cm³/mol. The standard InChI is InChI=1S/C27H28FNO6S/c1-18-15-22(9-12-25(18)34-16-23(30)17-36(2,32)33)29-14-13-26(27(29)31)35-24-10-5-20(6-11-24)19-3-7-21(28)8-4-19/h3-12,15,23,26,30H,13-14,16-17H2,1-2H3/t23-,26?/m1/s1. The molecule has 1 fully saturated rings. The summed E-state index contributed by atoms with van der Waals surface area (Å²) in [7, 11) is -3.30. The van der Waals surface area contributed by atoms with E-state index in [1.165, 1.54) is 12.1 Å². The molecule has 0 spiro atoms. The van der Waals surface area contributed by atoms with Gasteiger partial charge >= 0.3 is 0 Å². The number of halogens is 1. The van der Waals surface area contributed by atoms with Gasteiger partial charge in [0.05, 0.1) is 5.75 Å². The van der Waals surface area contributed by atoms with Gasteiger partial charge in [0.2, 0.25) is 0 Å². The second-order valence-electron chi connectivity index (χ2n) is 8.92. The molecule has 7 nitrogen and oxygen atoms in total. The monoisotopic (exact) mass is 513 g/mol. The highest BCUT2D eigenvalue weighted by Crippen LogP contribution is 2.30. The molecular formula is C27H28FNO6S. The Morgan fingerprint density at radius 1 is 1.06 bits per heavy atom.